The van der Waals surface area contributed by atoms with E-state index in [1.54, 1.807) is 0 Å². The van der Waals surface area contributed by atoms with Gasteiger partial charge in [-0.15, -0.1) is 0 Å². The van der Waals surface area contributed by atoms with Gasteiger partial charge in [-0.25, -0.2) is 0 Å². The van der Waals surface area contributed by atoms with Crippen molar-refractivity contribution in [2.24, 2.45) is 0 Å². The summed E-state index contributed by atoms with van der Waals surface area (Å²) in [6.45, 7) is 6.28. The number of aliphatic hydroxyl groups excluding tert-OH is 1. The molecule has 2 aromatic rings. The smallest absolute Gasteiger partial charge is 0.161 e. The predicted molar refractivity (Wildman–Crippen MR) is 108 cm³/mol. The van der Waals surface area contributed by atoms with Crippen molar-refractivity contribution in [3.8, 4) is 11.5 Å². The number of piperidine rings is 1. The summed E-state index contributed by atoms with van der Waals surface area (Å²) in [6.07, 6.45) is 3.89. The van der Waals surface area contributed by atoms with E-state index >= 15 is 0 Å². The van der Waals surface area contributed by atoms with Gasteiger partial charge in [-0.05, 0) is 62.4 Å². The lowest BCUT2D eigenvalue weighted by Crippen LogP contribution is -2.36. The van der Waals surface area contributed by atoms with E-state index in [-0.39, 0.29) is 6.10 Å². The van der Waals surface area contributed by atoms with Gasteiger partial charge in [0.05, 0.1) is 12.7 Å². The number of aliphatic hydroxyl groups is 1. The molecule has 3 rings (SSSR count). The average molecular weight is 370 g/mol. The van der Waals surface area contributed by atoms with E-state index in [0.717, 1.165) is 56.8 Å². The van der Waals surface area contributed by atoms with Gasteiger partial charge < -0.3 is 19.5 Å². The van der Waals surface area contributed by atoms with Crippen LogP contribution in [0.15, 0.2) is 48.5 Å². The van der Waals surface area contributed by atoms with Gasteiger partial charge in [0.2, 0.25) is 0 Å². The van der Waals surface area contributed by atoms with Crippen LogP contribution < -0.4 is 9.47 Å². The Morgan fingerprint density at radius 1 is 0.926 bits per heavy atom. The van der Waals surface area contributed by atoms with Crippen LogP contribution in [0.25, 0.3) is 0 Å². The van der Waals surface area contributed by atoms with Gasteiger partial charge in [-0.1, -0.05) is 36.4 Å². The zero-order valence-electron chi connectivity index (χ0n) is 16.3. The number of likely N-dealkylation sites (tertiary alicyclic amines) is 1. The molecule has 1 N–H and O–H groups in total. The van der Waals surface area contributed by atoms with Crippen molar-refractivity contribution in [1.82, 2.24) is 4.90 Å². The molecule has 0 bridgehead atoms. The van der Waals surface area contributed by atoms with Gasteiger partial charge in [-0.3, -0.25) is 0 Å². The summed E-state index contributed by atoms with van der Waals surface area (Å²) >= 11 is 0. The van der Waals surface area contributed by atoms with Crippen LogP contribution in [0, 0.1) is 0 Å². The fraction of sp³-hybridized carbons (Fsp3) is 0.478. The van der Waals surface area contributed by atoms with Crippen LogP contribution in [0.2, 0.25) is 0 Å². The fourth-order valence-corrected chi connectivity index (χ4v) is 3.58. The van der Waals surface area contributed by atoms with Gasteiger partial charge in [0, 0.05) is 13.1 Å². The third-order valence-corrected chi connectivity index (χ3v) is 5.13. The summed E-state index contributed by atoms with van der Waals surface area (Å²) in [4.78, 5) is 2.46. The molecule has 4 nitrogen and oxygen atoms in total. The van der Waals surface area contributed by atoms with Crippen molar-refractivity contribution in [3.05, 3.63) is 59.7 Å². The number of para-hydroxylation sites is 2. The summed E-state index contributed by atoms with van der Waals surface area (Å²) < 4.78 is 11.7. The molecule has 0 aromatic heterocycles. The van der Waals surface area contributed by atoms with Crippen LogP contribution in [0.1, 0.15) is 37.3 Å². The molecular weight excluding hydrogens is 338 g/mol. The number of benzene rings is 2. The van der Waals surface area contributed by atoms with Crippen LogP contribution >= 0.6 is 0 Å². The Bertz CT molecular complexity index is 696. The molecule has 1 heterocycles. The van der Waals surface area contributed by atoms with Crippen LogP contribution in [0.3, 0.4) is 0 Å². The maximum absolute atomic E-state index is 9.62. The highest BCUT2D eigenvalue weighted by molar-refractivity contribution is 5.40. The van der Waals surface area contributed by atoms with Gasteiger partial charge in [-0.2, -0.15) is 0 Å². The fourth-order valence-electron chi connectivity index (χ4n) is 3.58. The van der Waals surface area contributed by atoms with Crippen LogP contribution in [0.4, 0.5) is 0 Å². The van der Waals surface area contributed by atoms with E-state index in [1.165, 1.54) is 11.1 Å². The minimum Gasteiger partial charge on any atom is -0.490 e. The predicted octanol–water partition coefficient (Wildman–Crippen LogP) is 4.05. The van der Waals surface area contributed by atoms with E-state index in [2.05, 4.69) is 29.2 Å². The molecular formula is C23H31NO3. The van der Waals surface area contributed by atoms with Crippen molar-refractivity contribution in [2.45, 2.75) is 45.3 Å². The zero-order chi connectivity index (χ0) is 18.9. The van der Waals surface area contributed by atoms with Crippen molar-refractivity contribution in [2.75, 3.05) is 26.2 Å². The molecule has 2 aromatic carbocycles. The first-order valence-electron chi connectivity index (χ1n) is 10.1. The number of rotatable bonds is 9. The first-order chi connectivity index (χ1) is 13.3. The highest BCUT2D eigenvalue weighted by atomic mass is 16.5. The van der Waals surface area contributed by atoms with Crippen LogP contribution in [0.5, 0.6) is 11.5 Å². The standard InChI is InChI=1S/C23H31NO3/c1-2-26-22-11-5-6-12-23(22)27-18-20-9-4-3-8-19(20)10-7-15-24-16-13-21(25)14-17-24/h3-6,8-9,11-12,21,25H,2,7,10,13-18H2,1H3. The lowest BCUT2D eigenvalue weighted by atomic mass is 10.0. The van der Waals surface area contributed by atoms with Crippen LogP contribution in [-0.4, -0.2) is 42.4 Å². The largest absolute Gasteiger partial charge is 0.490 e. The monoisotopic (exact) mass is 369 g/mol. The second-order valence-corrected chi connectivity index (χ2v) is 7.11. The normalized spacial score (nSPS) is 15.6. The molecule has 1 saturated heterocycles. The van der Waals surface area contributed by atoms with Gasteiger partial charge in [0.1, 0.15) is 6.61 Å². The maximum atomic E-state index is 9.62. The number of nitrogens with zero attached hydrogens (tertiary/aromatic N) is 1. The van der Waals surface area contributed by atoms with E-state index in [9.17, 15) is 5.11 Å². The topological polar surface area (TPSA) is 41.9 Å². The molecule has 4 heteroatoms. The van der Waals surface area contributed by atoms with Gasteiger partial charge in [0.15, 0.2) is 11.5 Å². The Morgan fingerprint density at radius 2 is 1.56 bits per heavy atom. The number of aryl methyl sites for hydroxylation is 1. The number of hydrogen-bond donors (Lipinski definition) is 1. The third-order valence-electron chi connectivity index (χ3n) is 5.13. The second-order valence-electron chi connectivity index (χ2n) is 7.11. The molecule has 0 radical (unpaired) electrons. The summed E-state index contributed by atoms with van der Waals surface area (Å²) in [5, 5.41) is 9.62. The minimum absolute atomic E-state index is 0.0984. The van der Waals surface area contributed by atoms with E-state index < -0.39 is 0 Å². The highest BCUT2D eigenvalue weighted by Crippen LogP contribution is 2.27. The van der Waals surface area contributed by atoms with Crippen molar-refractivity contribution in [1.29, 1.82) is 0 Å². The molecule has 27 heavy (non-hydrogen) atoms. The second kappa shape index (κ2) is 10.3. The Morgan fingerprint density at radius 3 is 2.26 bits per heavy atom. The van der Waals surface area contributed by atoms with Crippen molar-refractivity contribution in [3.63, 3.8) is 0 Å². The molecule has 1 aliphatic heterocycles. The lowest BCUT2D eigenvalue weighted by molar-refractivity contribution is 0.0821. The summed E-state index contributed by atoms with van der Waals surface area (Å²) in [5.74, 6) is 1.59. The van der Waals surface area contributed by atoms with Crippen molar-refractivity contribution < 1.29 is 14.6 Å². The SMILES string of the molecule is CCOc1ccccc1OCc1ccccc1CCCN1CCC(O)CC1. The molecule has 0 unspecified atom stereocenters. The maximum Gasteiger partial charge on any atom is 0.161 e. The lowest BCUT2D eigenvalue weighted by Gasteiger charge is -2.29. The van der Waals surface area contributed by atoms with Gasteiger partial charge >= 0.3 is 0 Å². The van der Waals surface area contributed by atoms with E-state index in [1.807, 2.05) is 31.2 Å². The summed E-state index contributed by atoms with van der Waals surface area (Å²) in [7, 11) is 0. The summed E-state index contributed by atoms with van der Waals surface area (Å²) in [6, 6.07) is 16.4. The Balaban J connectivity index is 1.53. The molecule has 1 fully saturated rings. The minimum atomic E-state index is -0.0984. The Labute approximate surface area is 162 Å². The first kappa shape index (κ1) is 19.7. The first-order valence-corrected chi connectivity index (χ1v) is 10.1. The number of ether oxygens (including phenoxy) is 2. The Kier molecular flexibility index (Phi) is 7.55. The van der Waals surface area contributed by atoms with E-state index in [4.69, 9.17) is 9.47 Å². The van der Waals surface area contributed by atoms with E-state index in [0.29, 0.717) is 13.2 Å². The van der Waals surface area contributed by atoms with Crippen molar-refractivity contribution >= 4 is 0 Å². The molecule has 0 atom stereocenters. The zero-order valence-corrected chi connectivity index (χ0v) is 16.3. The summed E-state index contributed by atoms with van der Waals surface area (Å²) in [5.41, 5.74) is 2.58. The quantitative estimate of drug-likeness (QED) is 0.724. The molecule has 0 spiro atoms. The average Bonchev–Trinajstić information content (AvgIpc) is 2.70. The third kappa shape index (κ3) is 5.98. The van der Waals surface area contributed by atoms with Gasteiger partial charge in [0.25, 0.3) is 0 Å². The molecule has 0 aliphatic carbocycles. The molecule has 0 saturated carbocycles. The Hall–Kier alpha value is -2.04. The molecule has 1 aliphatic rings. The van der Waals surface area contributed by atoms with Crippen LogP contribution in [-0.2, 0) is 13.0 Å². The number of hydrogen-bond acceptors (Lipinski definition) is 4. The molecule has 146 valence electrons. The molecule has 0 amide bonds. The highest BCUT2D eigenvalue weighted by Gasteiger charge is 2.16.